The minimum absolute atomic E-state index is 0.0856. The molecule has 216 valence electrons. The first kappa shape index (κ1) is 30.5. The zero-order valence-electron chi connectivity index (χ0n) is 20.3. The molecule has 3 rings (SSSR count). The standard InChI is InChI=1S/C23H25ClF6N4O5/c1-21(6-7-33(32-21)10-13(36)12-35)31-20(38)16(9-18(22(25,26)27)23(28,29)30)34-11-14(8-19(34)37)39-17-5-3-2-4-15(17)24/h2-8,13,16,18,32,35-36H,9-12H2,1H3,(H,31,38)/t13-,16?,21?/m1/s1. The van der Waals surface area contributed by atoms with Crippen LogP contribution < -0.4 is 15.5 Å². The molecule has 0 fully saturated rings. The van der Waals surface area contributed by atoms with Gasteiger partial charge in [-0.15, -0.1) is 0 Å². The van der Waals surface area contributed by atoms with E-state index in [1.165, 1.54) is 36.3 Å². The molecule has 0 radical (unpaired) electrons. The average Bonchev–Trinajstić information content (AvgIpc) is 3.35. The second-order valence-corrected chi connectivity index (χ2v) is 9.51. The number of nitrogens with one attached hydrogen (secondary N) is 2. The van der Waals surface area contributed by atoms with Gasteiger partial charge in [0, 0.05) is 12.3 Å². The molecule has 3 atom stereocenters. The molecule has 0 saturated carbocycles. The number of halogens is 7. The Hall–Kier alpha value is -3.01. The maximum absolute atomic E-state index is 13.4. The normalized spacial score (nSPS) is 21.4. The van der Waals surface area contributed by atoms with Crippen molar-refractivity contribution in [1.29, 1.82) is 0 Å². The van der Waals surface area contributed by atoms with Crippen LogP contribution in [0.4, 0.5) is 26.3 Å². The highest BCUT2D eigenvalue weighted by Crippen LogP contribution is 2.43. The summed E-state index contributed by atoms with van der Waals surface area (Å²) in [5.41, 5.74) is 1.19. The summed E-state index contributed by atoms with van der Waals surface area (Å²) in [5, 5.41) is 22.3. The molecule has 2 unspecified atom stereocenters. The SMILES string of the molecule is CC1(NC(=O)C(CC(C(F)(F)F)C(F)(F)F)N2CC(Oc3ccccc3Cl)=CC2=O)C=CN(C[C@@H](O)CO)N1. The Kier molecular flexibility index (Phi) is 9.09. The van der Waals surface area contributed by atoms with Crippen molar-refractivity contribution in [2.45, 2.75) is 43.5 Å². The van der Waals surface area contributed by atoms with Crippen LogP contribution in [0.2, 0.25) is 5.02 Å². The van der Waals surface area contributed by atoms with Crippen molar-refractivity contribution in [3.63, 3.8) is 0 Å². The first-order chi connectivity index (χ1) is 18.0. The fourth-order valence-corrected chi connectivity index (χ4v) is 4.14. The van der Waals surface area contributed by atoms with Gasteiger partial charge < -0.3 is 30.2 Å². The van der Waals surface area contributed by atoms with Gasteiger partial charge in [0.1, 0.15) is 23.2 Å². The lowest BCUT2D eigenvalue weighted by Crippen LogP contribution is -2.61. The number of ether oxygens (including phenoxy) is 1. The Labute approximate surface area is 223 Å². The molecule has 2 aliphatic rings. The molecular weight excluding hydrogens is 562 g/mol. The van der Waals surface area contributed by atoms with Gasteiger partial charge in [-0.3, -0.25) is 9.59 Å². The van der Waals surface area contributed by atoms with E-state index in [0.717, 1.165) is 6.08 Å². The molecule has 0 bridgehead atoms. The Bertz CT molecular complexity index is 1120. The van der Waals surface area contributed by atoms with Gasteiger partial charge in [-0.25, -0.2) is 5.43 Å². The minimum Gasteiger partial charge on any atom is -0.458 e. The topological polar surface area (TPSA) is 114 Å². The number of aliphatic hydroxyl groups is 2. The number of rotatable bonds is 10. The first-order valence-corrected chi connectivity index (χ1v) is 11.8. The van der Waals surface area contributed by atoms with Crippen molar-refractivity contribution in [1.82, 2.24) is 20.7 Å². The van der Waals surface area contributed by atoms with E-state index in [2.05, 4.69) is 10.7 Å². The zero-order chi connectivity index (χ0) is 29.2. The molecule has 39 heavy (non-hydrogen) atoms. The van der Waals surface area contributed by atoms with Crippen LogP contribution in [0.3, 0.4) is 0 Å². The van der Waals surface area contributed by atoms with Crippen molar-refractivity contribution >= 4 is 23.4 Å². The van der Waals surface area contributed by atoms with E-state index < -0.39 is 67.5 Å². The van der Waals surface area contributed by atoms with Crippen LogP contribution in [-0.4, -0.2) is 81.8 Å². The van der Waals surface area contributed by atoms with Crippen molar-refractivity contribution < 1.29 is 50.9 Å². The third-order valence-electron chi connectivity index (χ3n) is 5.86. The minimum atomic E-state index is -5.75. The van der Waals surface area contributed by atoms with Crippen LogP contribution in [0, 0.1) is 5.92 Å². The predicted molar refractivity (Wildman–Crippen MR) is 125 cm³/mol. The average molecular weight is 587 g/mol. The highest BCUT2D eigenvalue weighted by atomic mass is 35.5. The Morgan fingerprint density at radius 1 is 1.23 bits per heavy atom. The maximum atomic E-state index is 13.4. The molecule has 4 N–H and O–H groups in total. The number of hydrogen-bond donors (Lipinski definition) is 4. The van der Waals surface area contributed by atoms with Gasteiger partial charge in [-0.1, -0.05) is 23.7 Å². The number of benzene rings is 1. The molecule has 2 aliphatic heterocycles. The number of alkyl halides is 6. The van der Waals surface area contributed by atoms with Crippen LogP contribution >= 0.6 is 11.6 Å². The fraction of sp³-hybridized carbons (Fsp3) is 0.478. The lowest BCUT2D eigenvalue weighted by atomic mass is 9.96. The van der Waals surface area contributed by atoms with Crippen molar-refractivity contribution in [3.05, 3.63) is 53.4 Å². The van der Waals surface area contributed by atoms with E-state index in [4.69, 9.17) is 21.4 Å². The third-order valence-corrected chi connectivity index (χ3v) is 6.18. The monoisotopic (exact) mass is 586 g/mol. The van der Waals surface area contributed by atoms with E-state index in [1.54, 1.807) is 12.1 Å². The summed E-state index contributed by atoms with van der Waals surface area (Å²) in [6.45, 7) is 0.0175. The van der Waals surface area contributed by atoms with Crippen LogP contribution in [0.5, 0.6) is 5.75 Å². The van der Waals surface area contributed by atoms with E-state index in [0.29, 0.717) is 4.90 Å². The molecule has 0 aromatic heterocycles. The largest absolute Gasteiger partial charge is 0.458 e. The third kappa shape index (κ3) is 7.77. The van der Waals surface area contributed by atoms with Crippen molar-refractivity contribution in [2.75, 3.05) is 19.7 Å². The maximum Gasteiger partial charge on any atom is 0.400 e. The highest BCUT2D eigenvalue weighted by molar-refractivity contribution is 6.32. The number of β-amino-alcohol motifs (C(OH)–C–C–N with tert-alkyl or cyclic N) is 1. The molecule has 0 aliphatic carbocycles. The molecule has 0 spiro atoms. The van der Waals surface area contributed by atoms with Gasteiger partial charge in [0.15, 0.2) is 5.92 Å². The summed E-state index contributed by atoms with van der Waals surface area (Å²) < 4.78 is 86.1. The predicted octanol–water partition coefficient (Wildman–Crippen LogP) is 2.46. The summed E-state index contributed by atoms with van der Waals surface area (Å²) >= 11 is 6.01. The summed E-state index contributed by atoms with van der Waals surface area (Å²) in [6, 6.07) is 3.82. The van der Waals surface area contributed by atoms with Gasteiger partial charge in [0.25, 0.3) is 5.91 Å². The van der Waals surface area contributed by atoms with Gasteiger partial charge in [0.2, 0.25) is 5.91 Å². The molecule has 1 aromatic carbocycles. The van der Waals surface area contributed by atoms with Crippen LogP contribution in [-0.2, 0) is 9.59 Å². The second-order valence-electron chi connectivity index (χ2n) is 9.10. The number of carbonyl (C=O) groups excluding carboxylic acids is 2. The summed E-state index contributed by atoms with van der Waals surface area (Å²) in [7, 11) is 0. The van der Waals surface area contributed by atoms with Crippen molar-refractivity contribution in [3.8, 4) is 5.75 Å². The zero-order valence-corrected chi connectivity index (χ0v) is 21.0. The van der Waals surface area contributed by atoms with Crippen LogP contribution in [0.1, 0.15) is 13.3 Å². The molecule has 1 aromatic rings. The van der Waals surface area contributed by atoms with E-state index in [9.17, 15) is 41.0 Å². The van der Waals surface area contributed by atoms with E-state index in [1.807, 2.05) is 0 Å². The molecular formula is C23H25ClF6N4O5. The molecule has 9 nitrogen and oxygen atoms in total. The van der Waals surface area contributed by atoms with Gasteiger partial charge >= 0.3 is 12.4 Å². The number of aliphatic hydroxyl groups excluding tert-OH is 2. The van der Waals surface area contributed by atoms with Crippen LogP contribution in [0.25, 0.3) is 0 Å². The smallest absolute Gasteiger partial charge is 0.400 e. The van der Waals surface area contributed by atoms with Crippen molar-refractivity contribution in [2.24, 2.45) is 5.92 Å². The number of para-hydroxylation sites is 1. The molecule has 2 heterocycles. The van der Waals surface area contributed by atoms with E-state index in [-0.39, 0.29) is 23.1 Å². The highest BCUT2D eigenvalue weighted by Gasteiger charge is 2.58. The summed E-state index contributed by atoms with van der Waals surface area (Å²) in [5.74, 6) is -6.30. The van der Waals surface area contributed by atoms with Gasteiger partial charge in [-0.2, -0.15) is 26.3 Å². The number of hydrazine groups is 1. The van der Waals surface area contributed by atoms with E-state index >= 15 is 0 Å². The second kappa shape index (κ2) is 11.6. The summed E-state index contributed by atoms with van der Waals surface area (Å²) in [6.07, 6.45) is -11.0. The Morgan fingerprint density at radius 3 is 2.46 bits per heavy atom. The lowest BCUT2D eigenvalue weighted by Gasteiger charge is -2.35. The Balaban J connectivity index is 1.84. The number of nitrogens with zero attached hydrogens (tertiary/aromatic N) is 2. The van der Waals surface area contributed by atoms with Crippen LogP contribution in [0.15, 0.2) is 48.4 Å². The fourth-order valence-electron chi connectivity index (χ4n) is 3.97. The quantitative estimate of drug-likeness (QED) is 0.312. The van der Waals surface area contributed by atoms with Gasteiger partial charge in [-0.05, 0) is 31.6 Å². The number of carbonyl (C=O) groups is 2. The molecule has 16 heteroatoms. The van der Waals surface area contributed by atoms with Gasteiger partial charge in [0.05, 0.1) is 30.8 Å². The first-order valence-electron chi connectivity index (χ1n) is 11.4. The number of amides is 2. The number of hydrogen-bond acceptors (Lipinski definition) is 7. The molecule has 0 saturated heterocycles. The lowest BCUT2D eigenvalue weighted by molar-refractivity contribution is -0.287. The molecule has 2 amide bonds. The Morgan fingerprint density at radius 2 is 1.87 bits per heavy atom. The summed E-state index contributed by atoms with van der Waals surface area (Å²) in [4.78, 5) is 26.5.